The smallest absolute Gasteiger partial charge is 0.307 e. The summed E-state index contributed by atoms with van der Waals surface area (Å²) in [5.41, 5.74) is 5.44. The summed E-state index contributed by atoms with van der Waals surface area (Å²) in [4.78, 5) is 12.5. The molecule has 0 spiro atoms. The lowest BCUT2D eigenvalue weighted by Gasteiger charge is -2.16. The van der Waals surface area contributed by atoms with Crippen LogP contribution >= 0.6 is 39.1 Å². The number of fused-ring (bicyclic) bond motifs is 1. The van der Waals surface area contributed by atoms with Crippen molar-refractivity contribution in [2.24, 2.45) is 5.10 Å². The molecule has 0 aliphatic carbocycles. The van der Waals surface area contributed by atoms with Crippen LogP contribution in [0.2, 0.25) is 10.0 Å². The van der Waals surface area contributed by atoms with Crippen LogP contribution in [0.4, 0.5) is 0 Å². The van der Waals surface area contributed by atoms with Crippen LogP contribution < -0.4 is 14.9 Å². The molecule has 0 bridgehead atoms. The van der Waals surface area contributed by atoms with E-state index in [9.17, 15) is 4.79 Å². The Labute approximate surface area is 226 Å². The van der Waals surface area contributed by atoms with Crippen LogP contribution in [0.25, 0.3) is 11.0 Å². The monoisotopic (exact) mass is 586 g/mol. The van der Waals surface area contributed by atoms with Gasteiger partial charge in [0.2, 0.25) is 0 Å². The molecule has 0 fully saturated rings. The van der Waals surface area contributed by atoms with Gasteiger partial charge in [0.05, 0.1) is 13.3 Å². The van der Waals surface area contributed by atoms with Crippen LogP contribution in [0.1, 0.15) is 27.2 Å². The molecule has 0 aliphatic heterocycles. The van der Waals surface area contributed by atoms with E-state index in [0.717, 1.165) is 21.0 Å². The van der Waals surface area contributed by atoms with Crippen LogP contribution in [0, 0.1) is 0 Å². The Morgan fingerprint density at radius 1 is 1.14 bits per heavy atom. The van der Waals surface area contributed by atoms with E-state index in [1.54, 1.807) is 43.5 Å². The van der Waals surface area contributed by atoms with Crippen LogP contribution in [-0.2, 0) is 13.0 Å². The van der Waals surface area contributed by atoms with Gasteiger partial charge < -0.3 is 13.9 Å². The normalized spacial score (nSPS) is 11.1. The summed E-state index contributed by atoms with van der Waals surface area (Å²) in [6, 6.07) is 16.1. The van der Waals surface area contributed by atoms with E-state index in [0.29, 0.717) is 39.1 Å². The molecule has 0 saturated heterocycles. The van der Waals surface area contributed by atoms with Gasteiger partial charge in [-0.25, -0.2) is 5.43 Å². The van der Waals surface area contributed by atoms with Crippen LogP contribution in [0.3, 0.4) is 0 Å². The van der Waals surface area contributed by atoms with Crippen molar-refractivity contribution in [2.45, 2.75) is 13.0 Å². The third kappa shape index (κ3) is 6.10. The molecule has 184 valence electrons. The van der Waals surface area contributed by atoms with Crippen molar-refractivity contribution in [3.05, 3.63) is 104 Å². The van der Waals surface area contributed by atoms with Crippen molar-refractivity contribution in [3.63, 3.8) is 0 Å². The largest absolute Gasteiger partial charge is 0.493 e. The number of hydrogen-bond donors (Lipinski definition) is 1. The number of rotatable bonds is 9. The van der Waals surface area contributed by atoms with Gasteiger partial charge >= 0.3 is 5.91 Å². The Bertz CT molecular complexity index is 1470. The standard InChI is InChI=1S/C27H21BrCl2N2O4/c1-3-4-17-9-16(10-24(34-2)26(17)35-15-18-5-7-21(29)13-22(18)30)14-31-32-27(33)25-12-19-11-20(28)6-8-23(19)36-25/h3,5-14H,1,4,15H2,2H3,(H,32,33)/b31-14+. The molecule has 0 saturated carbocycles. The molecule has 0 unspecified atom stereocenters. The molecule has 0 radical (unpaired) electrons. The Morgan fingerprint density at radius 2 is 1.97 bits per heavy atom. The zero-order valence-corrected chi connectivity index (χ0v) is 22.3. The van der Waals surface area contributed by atoms with E-state index in [2.05, 4.69) is 33.0 Å². The minimum Gasteiger partial charge on any atom is -0.493 e. The van der Waals surface area contributed by atoms with Crippen molar-refractivity contribution in [3.8, 4) is 11.5 Å². The highest BCUT2D eigenvalue weighted by Crippen LogP contribution is 2.34. The molecular weight excluding hydrogens is 567 g/mol. The summed E-state index contributed by atoms with van der Waals surface area (Å²) in [7, 11) is 1.55. The minimum atomic E-state index is -0.461. The number of carbonyl (C=O) groups excluding carboxylic acids is 1. The molecule has 1 amide bonds. The highest BCUT2D eigenvalue weighted by molar-refractivity contribution is 9.10. The maximum atomic E-state index is 12.5. The van der Waals surface area contributed by atoms with Crippen molar-refractivity contribution >= 4 is 62.2 Å². The molecule has 3 aromatic carbocycles. The summed E-state index contributed by atoms with van der Waals surface area (Å²) in [5, 5.41) is 5.96. The lowest BCUT2D eigenvalue weighted by molar-refractivity contribution is 0.0929. The average Bonchev–Trinajstić information content (AvgIpc) is 3.27. The lowest BCUT2D eigenvalue weighted by Crippen LogP contribution is -2.16. The molecule has 0 aliphatic rings. The third-order valence-electron chi connectivity index (χ3n) is 5.21. The Morgan fingerprint density at radius 3 is 2.72 bits per heavy atom. The number of nitrogens with zero attached hydrogens (tertiary/aromatic N) is 1. The summed E-state index contributed by atoms with van der Waals surface area (Å²) in [5.74, 6) is 0.777. The Balaban J connectivity index is 1.51. The summed E-state index contributed by atoms with van der Waals surface area (Å²) in [6.45, 7) is 4.06. The fraction of sp³-hybridized carbons (Fsp3) is 0.111. The number of benzene rings is 3. The van der Waals surface area contributed by atoms with Gasteiger partial charge in [-0.1, -0.05) is 51.3 Å². The number of nitrogens with one attached hydrogen (secondary N) is 1. The summed E-state index contributed by atoms with van der Waals surface area (Å²) >= 11 is 15.7. The second-order valence-corrected chi connectivity index (χ2v) is 9.48. The number of hydrogen-bond acceptors (Lipinski definition) is 5. The van der Waals surface area contributed by atoms with Crippen LogP contribution in [0.5, 0.6) is 11.5 Å². The van der Waals surface area contributed by atoms with Gasteiger partial charge in [0.1, 0.15) is 12.2 Å². The van der Waals surface area contributed by atoms with Gasteiger partial charge in [-0.3, -0.25) is 4.79 Å². The summed E-state index contributed by atoms with van der Waals surface area (Å²) < 4.78 is 18.1. The number of furan rings is 1. The van der Waals surface area contributed by atoms with Gasteiger partial charge in [-0.05, 0) is 60.5 Å². The topological polar surface area (TPSA) is 73.1 Å². The Hall–Kier alpha value is -3.26. The zero-order chi connectivity index (χ0) is 25.7. The minimum absolute atomic E-state index is 0.162. The maximum absolute atomic E-state index is 12.5. The SMILES string of the molecule is C=CCc1cc(/C=N/NC(=O)c2cc3cc(Br)ccc3o2)cc(OC)c1OCc1ccc(Cl)cc1Cl. The lowest BCUT2D eigenvalue weighted by atomic mass is 10.1. The first kappa shape index (κ1) is 25.8. The predicted molar refractivity (Wildman–Crippen MR) is 147 cm³/mol. The molecule has 9 heteroatoms. The Kier molecular flexibility index (Phi) is 8.36. The van der Waals surface area contributed by atoms with Gasteiger partial charge in [0.25, 0.3) is 0 Å². The average molecular weight is 588 g/mol. The maximum Gasteiger partial charge on any atom is 0.307 e. The van der Waals surface area contributed by atoms with E-state index in [1.165, 1.54) is 6.21 Å². The van der Waals surface area contributed by atoms with E-state index < -0.39 is 5.91 Å². The molecule has 1 heterocycles. The number of halogens is 3. The number of carbonyl (C=O) groups is 1. The van der Waals surface area contributed by atoms with Gasteiger partial charge in [0.15, 0.2) is 17.3 Å². The molecule has 0 atom stereocenters. The fourth-order valence-corrected chi connectivity index (χ4v) is 4.36. The number of hydrazone groups is 1. The third-order valence-corrected chi connectivity index (χ3v) is 6.29. The summed E-state index contributed by atoms with van der Waals surface area (Å²) in [6.07, 6.45) is 3.81. The second kappa shape index (κ2) is 11.6. The second-order valence-electron chi connectivity index (χ2n) is 7.72. The van der Waals surface area contributed by atoms with Gasteiger partial charge in [-0.2, -0.15) is 5.10 Å². The number of amides is 1. The van der Waals surface area contributed by atoms with Gasteiger partial charge in [-0.15, -0.1) is 6.58 Å². The van der Waals surface area contributed by atoms with Crippen molar-refractivity contribution in [1.29, 1.82) is 0 Å². The quantitative estimate of drug-likeness (QED) is 0.124. The van der Waals surface area contributed by atoms with E-state index in [1.807, 2.05) is 24.3 Å². The molecular formula is C27H21BrCl2N2O4. The van der Waals surface area contributed by atoms with Crippen LogP contribution in [0.15, 0.2) is 81.2 Å². The first-order valence-electron chi connectivity index (χ1n) is 10.8. The van der Waals surface area contributed by atoms with Crippen molar-refractivity contribution in [1.82, 2.24) is 5.43 Å². The number of allylic oxidation sites excluding steroid dienone is 1. The molecule has 6 nitrogen and oxygen atoms in total. The highest BCUT2D eigenvalue weighted by atomic mass is 79.9. The van der Waals surface area contributed by atoms with Crippen molar-refractivity contribution in [2.75, 3.05) is 7.11 Å². The molecule has 4 rings (SSSR count). The molecule has 1 aromatic heterocycles. The first-order chi connectivity index (χ1) is 17.4. The van der Waals surface area contributed by atoms with E-state index >= 15 is 0 Å². The predicted octanol–water partition coefficient (Wildman–Crippen LogP) is 7.58. The number of ether oxygens (including phenoxy) is 2. The van der Waals surface area contributed by atoms with E-state index in [-0.39, 0.29) is 12.4 Å². The fourth-order valence-electron chi connectivity index (χ4n) is 3.52. The van der Waals surface area contributed by atoms with Crippen molar-refractivity contribution < 1.29 is 18.7 Å². The number of methoxy groups -OCH3 is 1. The highest BCUT2D eigenvalue weighted by Gasteiger charge is 2.15. The zero-order valence-electron chi connectivity index (χ0n) is 19.2. The van der Waals surface area contributed by atoms with E-state index in [4.69, 9.17) is 37.1 Å². The molecule has 1 N–H and O–H groups in total. The molecule has 4 aromatic rings. The first-order valence-corrected chi connectivity index (χ1v) is 12.3. The van der Waals surface area contributed by atoms with Gasteiger partial charge in [0, 0.05) is 31.0 Å². The molecule has 36 heavy (non-hydrogen) atoms. The van der Waals surface area contributed by atoms with Crippen LogP contribution in [-0.4, -0.2) is 19.2 Å².